The second-order valence-electron chi connectivity index (χ2n) is 10.4. The van der Waals surface area contributed by atoms with Crippen molar-refractivity contribution in [1.29, 1.82) is 0 Å². The first-order chi connectivity index (χ1) is 17.3. The van der Waals surface area contributed by atoms with Crippen molar-refractivity contribution in [3.63, 3.8) is 0 Å². The summed E-state index contributed by atoms with van der Waals surface area (Å²) in [6.07, 6.45) is 0.439. The van der Waals surface area contributed by atoms with E-state index in [1.165, 1.54) is 36.4 Å². The van der Waals surface area contributed by atoms with Crippen LogP contribution in [0.2, 0.25) is 15.2 Å². The number of nitrogens with one attached hydrogen (secondary N) is 2. The molecule has 1 saturated heterocycles. The summed E-state index contributed by atoms with van der Waals surface area (Å²) in [5.74, 6) is -2.87. The van der Waals surface area contributed by atoms with Gasteiger partial charge in [-0.15, -0.1) is 10.2 Å². The minimum Gasteiger partial charge on any atom is -0.319 e. The van der Waals surface area contributed by atoms with E-state index >= 15 is 8.78 Å². The van der Waals surface area contributed by atoms with Crippen molar-refractivity contribution < 1.29 is 13.6 Å². The monoisotopic (exact) mass is 567 g/mol. The fourth-order valence-electron chi connectivity index (χ4n) is 4.99. The highest BCUT2D eigenvalue weighted by Crippen LogP contribution is 2.50. The number of rotatable bonds is 5. The second kappa shape index (κ2) is 10.4. The van der Waals surface area contributed by atoms with E-state index in [1.54, 1.807) is 6.07 Å². The molecule has 1 aromatic heterocycles. The van der Waals surface area contributed by atoms with Crippen LogP contribution in [0.5, 0.6) is 0 Å². The van der Waals surface area contributed by atoms with Crippen molar-refractivity contribution in [2.24, 2.45) is 11.1 Å². The van der Waals surface area contributed by atoms with Crippen LogP contribution in [0.4, 0.5) is 14.6 Å². The molecule has 4 rings (SSSR count). The van der Waals surface area contributed by atoms with Crippen LogP contribution in [0, 0.1) is 17.0 Å². The van der Waals surface area contributed by atoms with Crippen molar-refractivity contribution in [2.75, 3.05) is 5.32 Å². The van der Waals surface area contributed by atoms with Gasteiger partial charge in [-0.2, -0.15) is 0 Å². The first kappa shape index (κ1) is 27.7. The molecule has 2 aromatic carbocycles. The predicted molar refractivity (Wildman–Crippen MR) is 142 cm³/mol. The van der Waals surface area contributed by atoms with Gasteiger partial charge < -0.3 is 16.4 Å². The maximum atomic E-state index is 15.6. The Bertz CT molecular complexity index is 1320. The number of hydrogen-bond acceptors (Lipinski definition) is 5. The van der Waals surface area contributed by atoms with Crippen molar-refractivity contribution in [3.8, 4) is 0 Å². The molecule has 4 N–H and O–H groups in total. The number of halogens is 5. The van der Waals surface area contributed by atoms with E-state index in [4.69, 9.17) is 40.5 Å². The van der Waals surface area contributed by atoms with Gasteiger partial charge in [-0.1, -0.05) is 73.8 Å². The summed E-state index contributed by atoms with van der Waals surface area (Å²) >= 11 is 18.0. The normalized spacial score (nSPS) is 23.8. The lowest BCUT2D eigenvalue weighted by atomic mass is 9.68. The van der Waals surface area contributed by atoms with Crippen molar-refractivity contribution >= 4 is 46.5 Å². The Kier molecular flexibility index (Phi) is 7.79. The number of carbonyl (C=O) groups is 1. The van der Waals surface area contributed by atoms with E-state index in [-0.39, 0.29) is 37.6 Å². The smallest absolute Gasteiger partial charge is 0.243 e. The summed E-state index contributed by atoms with van der Waals surface area (Å²) in [5.41, 5.74) is 5.47. The summed E-state index contributed by atoms with van der Waals surface area (Å²) in [6.45, 7) is 6.00. The van der Waals surface area contributed by atoms with Crippen molar-refractivity contribution in [2.45, 2.75) is 50.7 Å². The van der Waals surface area contributed by atoms with E-state index in [0.29, 0.717) is 6.42 Å². The molecule has 196 valence electrons. The van der Waals surface area contributed by atoms with Crippen molar-refractivity contribution in [3.05, 3.63) is 86.5 Å². The Morgan fingerprint density at radius 1 is 1.11 bits per heavy atom. The summed E-state index contributed by atoms with van der Waals surface area (Å²) in [7, 11) is 0. The van der Waals surface area contributed by atoms with Gasteiger partial charge in [0, 0.05) is 22.5 Å². The van der Waals surface area contributed by atoms with Gasteiger partial charge in [-0.3, -0.25) is 4.79 Å². The standard InChI is InChI=1S/C26H26Cl3F2N5O/c1-25(2,3)12-18-26(32,15-8-7-13(27)11-17(15)30)21(14-5-4-6-16(28)22(14)31)23(33-18)24(37)34-20-10-9-19(29)35-36-20/h4-11,18,21,23,33H,12,32H2,1-3H3,(H,34,36,37)/t18-,21-,23+,26+/m0/s1. The minimum atomic E-state index is -1.57. The number of nitrogens with zero attached hydrogens (tertiary/aromatic N) is 2. The van der Waals surface area contributed by atoms with E-state index in [9.17, 15) is 4.79 Å². The average molecular weight is 569 g/mol. The molecule has 37 heavy (non-hydrogen) atoms. The number of benzene rings is 2. The lowest BCUT2D eigenvalue weighted by Crippen LogP contribution is -2.52. The van der Waals surface area contributed by atoms with Crippen molar-refractivity contribution in [1.82, 2.24) is 15.5 Å². The lowest BCUT2D eigenvalue weighted by molar-refractivity contribution is -0.118. The fourth-order valence-corrected chi connectivity index (χ4v) is 5.43. The largest absolute Gasteiger partial charge is 0.319 e. The maximum Gasteiger partial charge on any atom is 0.243 e. The molecule has 1 aliphatic heterocycles. The van der Waals surface area contributed by atoms with Crippen LogP contribution in [0.15, 0.2) is 48.5 Å². The lowest BCUT2D eigenvalue weighted by Gasteiger charge is -2.40. The molecule has 2 heterocycles. The molecule has 0 spiro atoms. The molecule has 4 atom stereocenters. The van der Waals surface area contributed by atoms with Gasteiger partial charge in [0.05, 0.1) is 16.6 Å². The molecule has 0 radical (unpaired) electrons. The summed E-state index contributed by atoms with van der Waals surface area (Å²) in [6, 6.07) is 9.85. The number of amides is 1. The molecule has 1 aliphatic rings. The SMILES string of the molecule is CC(C)(C)C[C@@H]1N[C@@H](C(=O)Nc2ccc(Cl)nn2)[C@H](c2cccc(Cl)c2F)[C@@]1(N)c1ccc(Cl)cc1F. The van der Waals surface area contributed by atoms with E-state index in [2.05, 4.69) is 20.8 Å². The summed E-state index contributed by atoms with van der Waals surface area (Å²) in [4.78, 5) is 13.6. The predicted octanol–water partition coefficient (Wildman–Crippen LogP) is 6.07. The maximum absolute atomic E-state index is 15.6. The fraction of sp³-hybridized carbons (Fsp3) is 0.346. The first-order valence-corrected chi connectivity index (χ1v) is 12.7. The summed E-state index contributed by atoms with van der Waals surface area (Å²) < 4.78 is 31.0. The van der Waals surface area contributed by atoms with Crippen LogP contribution >= 0.6 is 34.8 Å². The summed E-state index contributed by atoms with van der Waals surface area (Å²) in [5, 5.41) is 13.8. The number of aromatic nitrogens is 2. The molecule has 1 amide bonds. The molecule has 6 nitrogen and oxygen atoms in total. The Morgan fingerprint density at radius 2 is 1.84 bits per heavy atom. The van der Waals surface area contributed by atoms with Gasteiger partial charge in [0.1, 0.15) is 11.6 Å². The third-order valence-electron chi connectivity index (χ3n) is 6.50. The molecule has 11 heteroatoms. The van der Waals surface area contributed by atoms with Gasteiger partial charge in [-0.25, -0.2) is 8.78 Å². The molecular weight excluding hydrogens is 543 g/mol. The quantitative estimate of drug-likeness (QED) is 0.348. The zero-order valence-electron chi connectivity index (χ0n) is 20.3. The molecule has 0 saturated carbocycles. The first-order valence-electron chi connectivity index (χ1n) is 11.6. The molecular formula is C26H26Cl3F2N5O. The highest BCUT2D eigenvalue weighted by molar-refractivity contribution is 6.31. The Balaban J connectivity index is 1.91. The van der Waals surface area contributed by atoms with Gasteiger partial charge >= 0.3 is 0 Å². The number of carbonyl (C=O) groups excluding carboxylic acids is 1. The molecule has 0 bridgehead atoms. The second-order valence-corrected chi connectivity index (χ2v) is 11.6. The number of nitrogens with two attached hydrogens (primary N) is 1. The molecule has 3 aromatic rings. The van der Waals surface area contributed by atoms with Crippen LogP contribution in [-0.2, 0) is 10.3 Å². The van der Waals surface area contributed by atoms with E-state index in [0.717, 1.165) is 6.07 Å². The molecule has 0 unspecified atom stereocenters. The third kappa shape index (κ3) is 5.59. The minimum absolute atomic E-state index is 0.0793. The van der Waals surface area contributed by atoms with Crippen LogP contribution in [0.25, 0.3) is 0 Å². The van der Waals surface area contributed by atoms with Crippen LogP contribution < -0.4 is 16.4 Å². The Morgan fingerprint density at radius 3 is 2.46 bits per heavy atom. The average Bonchev–Trinajstić information content (AvgIpc) is 3.08. The Hall–Kier alpha value is -2.36. The van der Waals surface area contributed by atoms with Crippen LogP contribution in [0.1, 0.15) is 44.2 Å². The third-order valence-corrected chi connectivity index (χ3v) is 7.23. The topological polar surface area (TPSA) is 92.9 Å². The molecule has 1 fully saturated rings. The highest BCUT2D eigenvalue weighted by atomic mass is 35.5. The van der Waals surface area contributed by atoms with Crippen LogP contribution in [-0.4, -0.2) is 28.2 Å². The molecule has 0 aliphatic carbocycles. The zero-order valence-corrected chi connectivity index (χ0v) is 22.6. The number of anilines is 1. The van der Waals surface area contributed by atoms with E-state index in [1.807, 2.05) is 20.8 Å². The Labute approximate surface area is 228 Å². The van der Waals surface area contributed by atoms with Gasteiger partial charge in [0.15, 0.2) is 11.0 Å². The highest BCUT2D eigenvalue weighted by Gasteiger charge is 2.58. The van der Waals surface area contributed by atoms with Gasteiger partial charge in [0.25, 0.3) is 0 Å². The van der Waals surface area contributed by atoms with Gasteiger partial charge in [0.2, 0.25) is 5.91 Å². The van der Waals surface area contributed by atoms with Gasteiger partial charge in [-0.05, 0) is 47.7 Å². The van der Waals surface area contributed by atoms with Crippen LogP contribution in [0.3, 0.4) is 0 Å². The number of hydrogen-bond donors (Lipinski definition) is 3. The van der Waals surface area contributed by atoms with E-state index < -0.39 is 41.1 Å². The zero-order chi connectivity index (χ0) is 27.1.